The molecule has 2 amide bonds. The van der Waals surface area contributed by atoms with Gasteiger partial charge in [-0.2, -0.15) is 0 Å². The van der Waals surface area contributed by atoms with E-state index in [1.54, 1.807) is 11.1 Å². The first kappa shape index (κ1) is 18.2. The van der Waals surface area contributed by atoms with Crippen molar-refractivity contribution in [1.82, 2.24) is 19.7 Å². The van der Waals surface area contributed by atoms with Crippen molar-refractivity contribution in [2.45, 2.75) is 6.92 Å². The molecule has 0 N–H and O–H groups in total. The van der Waals surface area contributed by atoms with Crippen LogP contribution in [0.5, 0.6) is 0 Å². The van der Waals surface area contributed by atoms with Crippen molar-refractivity contribution < 1.29 is 9.59 Å². The van der Waals surface area contributed by atoms with Gasteiger partial charge in [0.15, 0.2) is 0 Å². The Morgan fingerprint density at radius 1 is 1.12 bits per heavy atom. The second-order valence-corrected chi connectivity index (χ2v) is 6.30. The number of hydrogen-bond donors (Lipinski definition) is 0. The Labute approximate surface area is 143 Å². The lowest BCUT2D eigenvalue weighted by Gasteiger charge is -2.36. The van der Waals surface area contributed by atoms with Gasteiger partial charge in [0.2, 0.25) is 11.8 Å². The van der Waals surface area contributed by atoms with Gasteiger partial charge in [-0.05, 0) is 26.2 Å². The van der Waals surface area contributed by atoms with Gasteiger partial charge in [0.25, 0.3) is 0 Å². The Bertz CT molecular complexity index is 541. The van der Waals surface area contributed by atoms with E-state index >= 15 is 0 Å². The van der Waals surface area contributed by atoms with Crippen molar-refractivity contribution >= 4 is 17.6 Å². The molecule has 0 radical (unpaired) electrons. The molecule has 2 heterocycles. The standard InChI is InChI=1S/C17H27N5O2/c1-15(23)22(9-8-19(2)3)14-17(24)21-12-10-20(11-13-21)16-6-4-5-7-18-16/h4-7H,8-14H2,1-3H3. The van der Waals surface area contributed by atoms with Crippen LogP contribution < -0.4 is 4.90 Å². The number of likely N-dealkylation sites (N-methyl/N-ethyl adjacent to an activating group) is 1. The maximum atomic E-state index is 12.5. The summed E-state index contributed by atoms with van der Waals surface area (Å²) in [6.45, 7) is 5.85. The van der Waals surface area contributed by atoms with E-state index in [9.17, 15) is 9.59 Å². The Balaban J connectivity index is 1.84. The summed E-state index contributed by atoms with van der Waals surface area (Å²) in [4.78, 5) is 36.2. The summed E-state index contributed by atoms with van der Waals surface area (Å²) < 4.78 is 0. The third-order valence-electron chi connectivity index (χ3n) is 4.19. The molecule has 0 saturated carbocycles. The summed E-state index contributed by atoms with van der Waals surface area (Å²) in [7, 11) is 3.91. The molecule has 1 aromatic heterocycles. The SMILES string of the molecule is CC(=O)N(CCN(C)C)CC(=O)N1CCN(c2ccccn2)CC1. The first-order valence-corrected chi connectivity index (χ1v) is 8.31. The van der Waals surface area contributed by atoms with Crippen LogP contribution in [0.15, 0.2) is 24.4 Å². The second kappa shape index (κ2) is 8.63. The minimum atomic E-state index is -0.0580. The Morgan fingerprint density at radius 3 is 2.38 bits per heavy atom. The molecule has 0 bridgehead atoms. The van der Waals surface area contributed by atoms with Crippen molar-refractivity contribution in [3.8, 4) is 0 Å². The molecule has 0 aliphatic carbocycles. The smallest absolute Gasteiger partial charge is 0.242 e. The summed E-state index contributed by atoms with van der Waals surface area (Å²) in [6, 6.07) is 5.85. The normalized spacial score (nSPS) is 14.8. The number of aromatic nitrogens is 1. The van der Waals surface area contributed by atoms with E-state index in [4.69, 9.17) is 0 Å². The van der Waals surface area contributed by atoms with Gasteiger partial charge in [0.1, 0.15) is 5.82 Å². The minimum Gasteiger partial charge on any atom is -0.353 e. The van der Waals surface area contributed by atoms with E-state index in [0.29, 0.717) is 19.6 Å². The van der Waals surface area contributed by atoms with Gasteiger partial charge in [-0.1, -0.05) is 6.07 Å². The molecule has 24 heavy (non-hydrogen) atoms. The zero-order valence-corrected chi connectivity index (χ0v) is 14.8. The topological polar surface area (TPSA) is 60.0 Å². The highest BCUT2D eigenvalue weighted by atomic mass is 16.2. The van der Waals surface area contributed by atoms with Crippen LogP contribution >= 0.6 is 0 Å². The average molecular weight is 333 g/mol. The van der Waals surface area contributed by atoms with E-state index in [1.807, 2.05) is 42.1 Å². The number of carbonyl (C=O) groups excluding carboxylic acids is 2. The van der Waals surface area contributed by atoms with Gasteiger partial charge < -0.3 is 19.6 Å². The monoisotopic (exact) mass is 333 g/mol. The molecule has 1 fully saturated rings. The van der Waals surface area contributed by atoms with Crippen LogP contribution in [0.25, 0.3) is 0 Å². The zero-order chi connectivity index (χ0) is 17.5. The molecular formula is C17H27N5O2. The number of rotatable bonds is 6. The summed E-state index contributed by atoms with van der Waals surface area (Å²) in [6.07, 6.45) is 1.78. The highest BCUT2D eigenvalue weighted by Gasteiger charge is 2.24. The molecule has 1 aliphatic rings. The molecule has 1 saturated heterocycles. The van der Waals surface area contributed by atoms with Gasteiger partial charge in [0.05, 0.1) is 6.54 Å². The molecule has 7 heteroatoms. The van der Waals surface area contributed by atoms with Crippen molar-refractivity contribution in [1.29, 1.82) is 0 Å². The molecule has 0 atom stereocenters. The fourth-order valence-corrected chi connectivity index (χ4v) is 2.66. The van der Waals surface area contributed by atoms with Gasteiger partial charge in [-0.15, -0.1) is 0 Å². The maximum absolute atomic E-state index is 12.5. The zero-order valence-electron chi connectivity index (χ0n) is 14.8. The lowest BCUT2D eigenvalue weighted by atomic mass is 10.3. The van der Waals surface area contributed by atoms with Crippen molar-refractivity contribution in [3.05, 3.63) is 24.4 Å². The Kier molecular flexibility index (Phi) is 6.54. The fourth-order valence-electron chi connectivity index (χ4n) is 2.66. The number of amides is 2. The number of nitrogens with zero attached hydrogens (tertiary/aromatic N) is 5. The predicted molar refractivity (Wildman–Crippen MR) is 93.8 cm³/mol. The van der Waals surface area contributed by atoms with Crippen LogP contribution in [-0.4, -0.2) is 91.4 Å². The van der Waals surface area contributed by atoms with E-state index in [2.05, 4.69) is 9.88 Å². The summed E-state index contributed by atoms with van der Waals surface area (Å²) >= 11 is 0. The van der Waals surface area contributed by atoms with Gasteiger partial charge in [0, 0.05) is 52.4 Å². The quantitative estimate of drug-likeness (QED) is 0.741. The van der Waals surface area contributed by atoms with Crippen molar-refractivity contribution in [2.75, 3.05) is 64.8 Å². The van der Waals surface area contributed by atoms with Crippen molar-refractivity contribution in [2.24, 2.45) is 0 Å². The third kappa shape index (κ3) is 5.19. The van der Waals surface area contributed by atoms with E-state index < -0.39 is 0 Å². The second-order valence-electron chi connectivity index (χ2n) is 6.30. The number of piperazine rings is 1. The molecule has 0 unspecified atom stereocenters. The van der Waals surface area contributed by atoms with Gasteiger partial charge >= 0.3 is 0 Å². The van der Waals surface area contributed by atoms with E-state index in [0.717, 1.165) is 25.5 Å². The molecular weight excluding hydrogens is 306 g/mol. The van der Waals surface area contributed by atoms with E-state index in [1.165, 1.54) is 6.92 Å². The van der Waals surface area contributed by atoms with E-state index in [-0.39, 0.29) is 18.4 Å². The molecule has 0 aromatic carbocycles. The predicted octanol–water partition coefficient (Wildman–Crippen LogP) is 0.140. The Morgan fingerprint density at radius 2 is 1.83 bits per heavy atom. The fraction of sp³-hybridized carbons (Fsp3) is 0.588. The lowest BCUT2D eigenvalue weighted by Crippen LogP contribution is -2.52. The first-order valence-electron chi connectivity index (χ1n) is 8.31. The number of anilines is 1. The molecule has 1 aliphatic heterocycles. The van der Waals surface area contributed by atoms with Crippen LogP contribution in [0.3, 0.4) is 0 Å². The minimum absolute atomic E-state index is 0.0182. The van der Waals surface area contributed by atoms with Crippen LogP contribution in [0.1, 0.15) is 6.92 Å². The van der Waals surface area contributed by atoms with Crippen LogP contribution in [0.2, 0.25) is 0 Å². The number of carbonyl (C=O) groups is 2. The van der Waals surface area contributed by atoms with Crippen LogP contribution in [0.4, 0.5) is 5.82 Å². The lowest BCUT2D eigenvalue weighted by molar-refractivity contribution is -0.139. The summed E-state index contributed by atoms with van der Waals surface area (Å²) in [5.41, 5.74) is 0. The molecule has 2 rings (SSSR count). The molecule has 7 nitrogen and oxygen atoms in total. The number of hydrogen-bond acceptors (Lipinski definition) is 5. The molecule has 1 aromatic rings. The first-order chi connectivity index (χ1) is 11.5. The highest BCUT2D eigenvalue weighted by molar-refractivity contribution is 5.84. The molecule has 0 spiro atoms. The van der Waals surface area contributed by atoms with Gasteiger partial charge in [-0.25, -0.2) is 4.98 Å². The largest absolute Gasteiger partial charge is 0.353 e. The molecule has 132 valence electrons. The highest BCUT2D eigenvalue weighted by Crippen LogP contribution is 2.12. The van der Waals surface area contributed by atoms with Crippen LogP contribution in [-0.2, 0) is 9.59 Å². The third-order valence-corrected chi connectivity index (χ3v) is 4.19. The number of pyridine rings is 1. The van der Waals surface area contributed by atoms with Crippen LogP contribution in [0, 0.1) is 0 Å². The summed E-state index contributed by atoms with van der Waals surface area (Å²) in [5, 5.41) is 0. The Hall–Kier alpha value is -2.15. The summed E-state index contributed by atoms with van der Waals surface area (Å²) in [5.74, 6) is 0.905. The maximum Gasteiger partial charge on any atom is 0.242 e. The van der Waals surface area contributed by atoms with Crippen molar-refractivity contribution in [3.63, 3.8) is 0 Å². The average Bonchev–Trinajstić information content (AvgIpc) is 2.59. The van der Waals surface area contributed by atoms with Gasteiger partial charge in [-0.3, -0.25) is 9.59 Å².